The Morgan fingerprint density at radius 1 is 0.310 bits per heavy atom. The molecule has 0 aromatic heterocycles. The van der Waals surface area contributed by atoms with Gasteiger partial charge in [0.05, 0.1) is 0 Å². The van der Waals surface area contributed by atoms with Crippen LogP contribution >= 0.6 is 11.6 Å². The second kappa shape index (κ2) is 52.2. The molecule has 145 heavy (non-hydrogen) atoms. The molecule has 16 aliphatic carbocycles. The average molecular weight is 2040 g/mol. The number of nitrogens with zero attached hydrogens (tertiary/aromatic N) is 3. The lowest BCUT2D eigenvalue weighted by Crippen LogP contribution is -2.51. The second-order valence-electron chi connectivity index (χ2n) is 56.2. The number of hydrogen-bond acceptors (Lipinski definition) is 14. The van der Waals surface area contributed by atoms with E-state index in [0.717, 1.165) is 258 Å². The zero-order chi connectivity index (χ0) is 105. The van der Waals surface area contributed by atoms with Crippen molar-refractivity contribution < 1.29 is 38.1 Å². The van der Waals surface area contributed by atoms with Crippen molar-refractivity contribution in [2.24, 2.45) is 203 Å². The summed E-state index contributed by atoms with van der Waals surface area (Å²) in [6.45, 7) is 58.8. The summed E-state index contributed by atoms with van der Waals surface area (Å²) < 4.78 is 23.5. The number of allylic oxidation sites excluding steroid dienone is 4. The Kier molecular flexibility index (Phi) is 42.6. The van der Waals surface area contributed by atoms with Gasteiger partial charge in [0.15, 0.2) is 0 Å². The van der Waals surface area contributed by atoms with Gasteiger partial charge in [-0.3, -0.25) is 0 Å². The van der Waals surface area contributed by atoms with Crippen molar-refractivity contribution in [1.82, 2.24) is 30.7 Å². The van der Waals surface area contributed by atoms with Crippen LogP contribution in [0.3, 0.4) is 0 Å². The Labute approximate surface area is 892 Å². The third-order valence-corrected chi connectivity index (χ3v) is 46.0. The Morgan fingerprint density at radius 2 is 0.531 bits per heavy atom. The van der Waals surface area contributed by atoms with Crippen LogP contribution in [0.4, 0.5) is 19.2 Å². The van der Waals surface area contributed by atoms with E-state index in [4.69, 9.17) is 47.7 Å². The molecule has 0 heterocycles. The topological polar surface area (TPSA) is 229 Å². The van der Waals surface area contributed by atoms with Gasteiger partial charge < -0.3 is 66.8 Å². The highest BCUT2D eigenvalue weighted by Gasteiger charge is 2.65. The lowest BCUT2D eigenvalue weighted by atomic mass is 9.47. The number of ether oxygens (including phenoxy) is 4. The molecule has 0 aliphatic heterocycles. The smallest absolute Gasteiger partial charge is 0.407 e. The summed E-state index contributed by atoms with van der Waals surface area (Å²) in [5, 5.41) is 9.01. The zero-order valence-electron chi connectivity index (χ0n) is 97.3. The molecule has 4 unspecified atom stereocenters. The molecule has 12 fully saturated rings. The third-order valence-electron chi connectivity index (χ3n) is 45.9. The van der Waals surface area contributed by atoms with Gasteiger partial charge in [-0.05, 0) is 386 Å². The molecule has 0 saturated heterocycles. The predicted molar refractivity (Wildman–Crippen MR) is 603 cm³/mol. The highest BCUT2D eigenvalue weighted by Crippen LogP contribution is 2.73. The minimum atomic E-state index is -0.643. The molecule has 3 amide bonds. The summed E-state index contributed by atoms with van der Waals surface area (Å²) in [6, 6.07) is 0. The zero-order valence-corrected chi connectivity index (χ0v) is 98.0. The molecule has 12 saturated carbocycles. The lowest BCUT2D eigenvalue weighted by Gasteiger charge is -2.58. The van der Waals surface area contributed by atoms with Crippen molar-refractivity contribution in [3.63, 3.8) is 0 Å². The van der Waals surface area contributed by atoms with Gasteiger partial charge in [-0.15, -0.1) is 0 Å². The fraction of sp³-hybridized carbons (Fsp3) is 0.906. The molecular weight excluding hydrogens is 1810 g/mol. The Morgan fingerprint density at radius 3 is 0.752 bits per heavy atom. The van der Waals surface area contributed by atoms with E-state index >= 15 is 0 Å². The lowest BCUT2D eigenvalue weighted by molar-refractivity contribution is -0.0581. The van der Waals surface area contributed by atoms with Gasteiger partial charge in [-0.1, -0.05) is 262 Å². The summed E-state index contributed by atoms with van der Waals surface area (Å²) in [4.78, 5) is 56.2. The Bertz CT molecular complexity index is 4090. The van der Waals surface area contributed by atoms with E-state index < -0.39 is 5.43 Å². The molecule has 16 aliphatic rings. The Balaban J connectivity index is 0.000000191. The van der Waals surface area contributed by atoms with Gasteiger partial charge in [0.25, 0.3) is 0 Å². The first-order chi connectivity index (χ1) is 68.9. The number of hydrogen-bond donors (Lipinski definition) is 6. The van der Waals surface area contributed by atoms with Gasteiger partial charge >= 0.3 is 23.7 Å². The van der Waals surface area contributed by atoms with Crippen LogP contribution in [0.5, 0.6) is 0 Å². The highest BCUT2D eigenvalue weighted by molar-refractivity contribution is 6.61. The molecule has 0 bridgehead atoms. The summed E-state index contributed by atoms with van der Waals surface area (Å²) in [5.41, 5.74) is 25.0. The third kappa shape index (κ3) is 27.7. The van der Waals surface area contributed by atoms with Crippen LogP contribution in [0.2, 0.25) is 0 Å². The van der Waals surface area contributed by atoms with Crippen LogP contribution < -0.4 is 33.2 Å². The molecule has 830 valence electrons. The van der Waals surface area contributed by atoms with Crippen molar-refractivity contribution in [3.8, 4) is 0 Å². The van der Waals surface area contributed by atoms with Gasteiger partial charge in [0.1, 0.15) is 24.4 Å². The molecule has 0 aromatic rings. The fourth-order valence-corrected chi connectivity index (χ4v) is 37.9. The van der Waals surface area contributed by atoms with Crippen molar-refractivity contribution in [1.29, 1.82) is 0 Å². The molecule has 9 N–H and O–H groups in total. The van der Waals surface area contributed by atoms with E-state index in [1.54, 1.807) is 22.3 Å². The van der Waals surface area contributed by atoms with Gasteiger partial charge in [0, 0.05) is 116 Å². The summed E-state index contributed by atoms with van der Waals surface area (Å²) >= 11 is 5.51. The van der Waals surface area contributed by atoms with Crippen LogP contribution in [0.15, 0.2) is 46.6 Å². The van der Waals surface area contributed by atoms with Crippen molar-refractivity contribution in [2.45, 2.75) is 445 Å². The maximum absolute atomic E-state index is 13.1. The number of rotatable bonds is 39. The monoisotopic (exact) mass is 2040 g/mol. The van der Waals surface area contributed by atoms with E-state index in [9.17, 15) is 19.2 Å². The highest BCUT2D eigenvalue weighted by atomic mass is 35.5. The molecule has 0 aromatic carbocycles. The maximum Gasteiger partial charge on any atom is 0.407 e. The summed E-state index contributed by atoms with van der Waals surface area (Å²) in [5.74, 6) is 20.4. The van der Waals surface area contributed by atoms with E-state index in [0.29, 0.717) is 71.8 Å². The number of carbonyl (C=O) groups is 4. The quantitative estimate of drug-likeness (QED) is 0.0191. The SMILES string of the molecule is CC(C)CCC[C@@H](C)[C@H]1CC[C@H]2C3CC=C4C[C@@H](OC(=O)Cl)CC[C@]4(C)[C@H]3CC[C@]12C.CC(C)CCC[C@@H](C)[C@H]1CC[C@H]2C3CC=C4C[C@@H](OC(=O)NCCN(C)CCN)CC[C@]4(C)[C@H]3CC[C@]12C.CC(C)CCC[C@@H](C)[C@H]1CC[C@H]2C3CC=C4C[C@@H](OC(=O)NCCN(C)CCNC(=O)O[C@H]5CC[C@@]6(C)C(=CCC7[C@@H]8CC[C@H]([C@H](C)CCCC(C)C)[C@@]8(C)CC[C@@H]76)C5)CC[C@]4(C)[C@H]3CC[C@]12C.CN(CCN)CCN. The first-order valence-electron chi connectivity index (χ1n) is 61.5. The average Bonchev–Trinajstić information content (AvgIpc) is 1.66. The maximum atomic E-state index is 13.1. The normalized spacial score (nSPS) is 38.5. The second-order valence-corrected chi connectivity index (χ2v) is 56.6. The van der Waals surface area contributed by atoms with E-state index in [1.165, 1.54) is 205 Å². The summed E-state index contributed by atoms with van der Waals surface area (Å²) in [6.07, 6.45) is 65.8. The summed E-state index contributed by atoms with van der Waals surface area (Å²) in [7, 11) is 6.08. The molecule has 17 nitrogen and oxygen atoms in total. The number of nitrogens with one attached hydrogen (secondary N) is 3. The largest absolute Gasteiger partial charge is 0.450 e. The van der Waals surface area contributed by atoms with Crippen LogP contribution in [0.1, 0.15) is 421 Å². The standard InChI is InChI=1S/C61H103N3O4.C33H59N3O2.C28H45ClO2.C5H15N3/c1-40(2)14-12-16-42(5)50-22-24-52-48-20-18-44-38-46(26-30-58(44,7)54(48)28-32-60(50,52)9)67-56(65)62-34-36-64(11)37-35-63-57(66)68-47-27-31-59(8)45(39-47)19-21-49-53-25-23-51(43(6)17-13-15-41(3)4)61(53,10)33-29-55(49)59;1-23(2)8-7-9-24(3)28-12-13-29-27-11-10-25-22-26(38-31(37)35-19-21-36(6)20-18-34)14-16-32(25,4)30(27)15-17-33(28,29)5;1-18(2)7-6-8-19(3)23-11-12-24-22-10-9-20-17-21(31-26(29)30)13-15-27(20,4)25(22)14-16-28(23,24)5;1-8(4-2-6)5-3-7/h18-19,40-43,46-55H,12-17,20-39H2,1-11H3,(H,62,65)(H,63,66);10,23-24,26-30H,7-9,11-22,34H2,1-6H3,(H,35,37);9,18-19,21-25H,6-8,10-17H2,1-5H3;2-7H2,1H3/t42-,43-,46+,47+,48?,49?,50-,51-,52+,53+,54+,55+,58+,59+,60-,61-;24-,26+,27?,28-,29+,30+,32+,33-;19-,21+,22?,23-,24+,25+,27+,28-;/m111./s1. The molecule has 18 heteroatoms. The Hall–Kier alpha value is -3.71. The van der Waals surface area contributed by atoms with Crippen LogP contribution in [0.25, 0.3) is 0 Å². The van der Waals surface area contributed by atoms with E-state index in [-0.39, 0.29) is 53.5 Å². The number of amides is 3. The predicted octanol–water partition coefficient (Wildman–Crippen LogP) is 29.8. The van der Waals surface area contributed by atoms with Crippen molar-refractivity contribution in [3.05, 3.63) is 46.6 Å². The van der Waals surface area contributed by atoms with Crippen LogP contribution in [0, 0.1) is 185 Å². The minimum Gasteiger partial charge on any atom is -0.450 e. The van der Waals surface area contributed by atoms with E-state index in [2.05, 4.69) is 193 Å². The molecule has 32 atom stereocenters. The molecule has 16 rings (SSSR count). The molecule has 0 spiro atoms. The van der Waals surface area contributed by atoms with Gasteiger partial charge in [0.2, 0.25) is 0 Å². The first-order valence-corrected chi connectivity index (χ1v) is 61.9. The minimum absolute atomic E-state index is 0.0164. The number of likely N-dealkylation sites (N-methyl/N-ethyl adjacent to an activating group) is 3. The van der Waals surface area contributed by atoms with Crippen LogP contribution in [-0.2, 0) is 18.9 Å². The fourth-order valence-electron chi connectivity index (χ4n) is 37.8. The van der Waals surface area contributed by atoms with Gasteiger partial charge in [-0.25, -0.2) is 19.2 Å². The van der Waals surface area contributed by atoms with Crippen molar-refractivity contribution in [2.75, 3.05) is 99.7 Å². The van der Waals surface area contributed by atoms with Gasteiger partial charge in [-0.2, -0.15) is 0 Å². The number of fused-ring (bicyclic) bond motifs is 20. The van der Waals surface area contributed by atoms with E-state index in [1.807, 2.05) is 21.1 Å². The number of nitrogens with two attached hydrogens (primary N) is 3. The van der Waals surface area contributed by atoms with Crippen molar-refractivity contribution >= 4 is 35.3 Å². The molecular formula is C127H222ClN9O8. The molecule has 0 radical (unpaired) electrons. The van der Waals surface area contributed by atoms with Crippen LogP contribution in [-0.4, -0.2) is 163 Å². The number of alkyl carbamates (subject to hydrolysis) is 3. The number of carbonyl (C=O) groups excluding carboxylic acids is 4. The first kappa shape index (κ1) is 118. The number of halogens is 1.